The number of nitrogens with zero attached hydrogens (tertiary/aromatic N) is 2. The van der Waals surface area contributed by atoms with Crippen molar-refractivity contribution in [2.24, 2.45) is 5.92 Å². The monoisotopic (exact) mass is 449 g/mol. The van der Waals surface area contributed by atoms with E-state index in [0.717, 1.165) is 48.1 Å². The molecule has 1 amide bonds. The van der Waals surface area contributed by atoms with Crippen molar-refractivity contribution in [1.82, 2.24) is 14.9 Å². The Morgan fingerprint density at radius 3 is 2.45 bits per heavy atom. The fourth-order valence-corrected chi connectivity index (χ4v) is 4.93. The lowest BCUT2D eigenvalue weighted by Gasteiger charge is -2.34. The maximum Gasteiger partial charge on any atom is 0.243 e. The van der Waals surface area contributed by atoms with Crippen molar-refractivity contribution in [3.63, 3.8) is 0 Å². The number of amides is 1. The molecule has 3 aromatic rings. The van der Waals surface area contributed by atoms with E-state index in [0.29, 0.717) is 11.5 Å². The molecule has 0 spiro atoms. The number of aromatic nitrogens is 2. The van der Waals surface area contributed by atoms with E-state index >= 15 is 0 Å². The number of nitrogens with one attached hydrogen (secondary N) is 1. The summed E-state index contributed by atoms with van der Waals surface area (Å²) in [6, 6.07) is 13.5. The summed E-state index contributed by atoms with van der Waals surface area (Å²) in [7, 11) is 3.29. The molecule has 4 rings (SSSR count). The van der Waals surface area contributed by atoms with E-state index in [-0.39, 0.29) is 23.4 Å². The molecule has 6 heteroatoms. The van der Waals surface area contributed by atoms with Crippen LogP contribution in [-0.4, -0.2) is 35.2 Å². The second-order valence-electron chi connectivity index (χ2n) is 9.94. The van der Waals surface area contributed by atoms with Crippen LogP contribution in [0.3, 0.4) is 0 Å². The molecule has 0 radical (unpaired) electrons. The summed E-state index contributed by atoms with van der Waals surface area (Å²) in [6.07, 6.45) is 5.60. The van der Waals surface area contributed by atoms with Crippen molar-refractivity contribution in [1.29, 1.82) is 0 Å². The first kappa shape index (κ1) is 23.1. The predicted molar refractivity (Wildman–Crippen MR) is 132 cm³/mol. The van der Waals surface area contributed by atoms with E-state index in [9.17, 15) is 4.79 Å². The number of carbonyl (C=O) groups is 1. The van der Waals surface area contributed by atoms with Gasteiger partial charge in [0.1, 0.15) is 23.4 Å². The van der Waals surface area contributed by atoms with Crippen molar-refractivity contribution in [3.8, 4) is 22.9 Å². The van der Waals surface area contributed by atoms with Crippen molar-refractivity contribution in [2.75, 3.05) is 14.2 Å². The molecule has 0 bridgehead atoms. The SMILES string of the molecule is COc1ccc(-c2nc3ccccc3n2C(C(=O)NC(C)(C)C)C2CCCCC2)c(OC)c1. The molecule has 0 aliphatic heterocycles. The summed E-state index contributed by atoms with van der Waals surface area (Å²) in [5.74, 6) is 2.43. The number of para-hydroxylation sites is 2. The second kappa shape index (κ2) is 9.46. The molecule has 1 heterocycles. The van der Waals surface area contributed by atoms with Crippen LogP contribution < -0.4 is 14.8 Å². The predicted octanol–water partition coefficient (Wildman–Crippen LogP) is 5.76. The highest BCUT2D eigenvalue weighted by Crippen LogP contribution is 2.41. The maximum atomic E-state index is 13.8. The minimum atomic E-state index is -0.348. The molecule has 6 nitrogen and oxygen atoms in total. The molecule has 1 N–H and O–H groups in total. The maximum absolute atomic E-state index is 13.8. The Labute approximate surface area is 196 Å². The lowest BCUT2D eigenvalue weighted by molar-refractivity contribution is -0.127. The zero-order valence-electron chi connectivity index (χ0n) is 20.4. The van der Waals surface area contributed by atoms with Gasteiger partial charge in [0.2, 0.25) is 5.91 Å². The van der Waals surface area contributed by atoms with E-state index in [2.05, 4.69) is 16.0 Å². The molecule has 1 fully saturated rings. The van der Waals surface area contributed by atoms with Crippen LogP contribution in [0.2, 0.25) is 0 Å². The number of imidazole rings is 1. The first-order chi connectivity index (χ1) is 15.8. The molecular weight excluding hydrogens is 414 g/mol. The van der Waals surface area contributed by atoms with E-state index in [1.54, 1.807) is 14.2 Å². The molecule has 1 unspecified atom stereocenters. The Morgan fingerprint density at radius 1 is 1.06 bits per heavy atom. The summed E-state index contributed by atoms with van der Waals surface area (Å²) in [6.45, 7) is 6.09. The Morgan fingerprint density at radius 2 is 1.79 bits per heavy atom. The Hall–Kier alpha value is -3.02. The van der Waals surface area contributed by atoms with Crippen molar-refractivity contribution in [2.45, 2.75) is 64.5 Å². The van der Waals surface area contributed by atoms with Gasteiger partial charge in [-0.05, 0) is 63.8 Å². The van der Waals surface area contributed by atoms with Crippen LogP contribution in [0.25, 0.3) is 22.4 Å². The van der Waals surface area contributed by atoms with Gasteiger partial charge in [-0.2, -0.15) is 0 Å². The summed E-state index contributed by atoms with van der Waals surface area (Å²) in [5.41, 5.74) is 2.36. The molecule has 0 saturated heterocycles. The number of ether oxygens (including phenoxy) is 2. The van der Waals surface area contributed by atoms with Gasteiger partial charge >= 0.3 is 0 Å². The van der Waals surface area contributed by atoms with Gasteiger partial charge in [-0.1, -0.05) is 31.4 Å². The van der Waals surface area contributed by atoms with Crippen LogP contribution in [0.15, 0.2) is 42.5 Å². The minimum Gasteiger partial charge on any atom is -0.497 e. The highest BCUT2D eigenvalue weighted by Gasteiger charge is 2.36. The number of hydrogen-bond acceptors (Lipinski definition) is 4. The average Bonchev–Trinajstić information content (AvgIpc) is 3.17. The normalized spacial score (nSPS) is 15.9. The zero-order chi connectivity index (χ0) is 23.6. The average molecular weight is 450 g/mol. The molecule has 1 aromatic heterocycles. The van der Waals surface area contributed by atoms with Crippen LogP contribution in [0.5, 0.6) is 11.5 Å². The molecule has 2 aromatic carbocycles. The van der Waals surface area contributed by atoms with Crippen molar-refractivity contribution >= 4 is 16.9 Å². The smallest absolute Gasteiger partial charge is 0.243 e. The lowest BCUT2D eigenvalue weighted by atomic mass is 9.82. The highest BCUT2D eigenvalue weighted by atomic mass is 16.5. The lowest BCUT2D eigenvalue weighted by Crippen LogP contribution is -2.46. The van der Waals surface area contributed by atoms with Gasteiger partial charge < -0.3 is 19.4 Å². The second-order valence-corrected chi connectivity index (χ2v) is 9.94. The van der Waals surface area contributed by atoms with Gasteiger partial charge in [-0.25, -0.2) is 4.98 Å². The molecule has 1 saturated carbocycles. The number of rotatable bonds is 6. The number of carbonyl (C=O) groups excluding carboxylic acids is 1. The number of methoxy groups -OCH3 is 2. The molecule has 1 aliphatic carbocycles. The summed E-state index contributed by atoms with van der Waals surface area (Å²) in [4.78, 5) is 18.8. The van der Waals surface area contributed by atoms with Crippen molar-refractivity contribution in [3.05, 3.63) is 42.5 Å². The Kier molecular flexibility index (Phi) is 6.63. The number of hydrogen-bond donors (Lipinski definition) is 1. The van der Waals surface area contributed by atoms with Gasteiger partial charge in [0.05, 0.1) is 30.8 Å². The van der Waals surface area contributed by atoms with Crippen LogP contribution in [0, 0.1) is 5.92 Å². The van der Waals surface area contributed by atoms with Gasteiger partial charge in [0, 0.05) is 11.6 Å². The standard InChI is InChI=1S/C27H35N3O3/c1-27(2,3)29-26(31)24(18-11-7-6-8-12-18)30-22-14-10-9-13-21(22)28-25(30)20-16-15-19(32-4)17-23(20)33-5/h9-10,13-18,24H,6-8,11-12H2,1-5H3,(H,29,31). The van der Waals surface area contributed by atoms with E-state index < -0.39 is 0 Å². The van der Waals surface area contributed by atoms with Gasteiger partial charge in [0.25, 0.3) is 0 Å². The molecule has 33 heavy (non-hydrogen) atoms. The quantitative estimate of drug-likeness (QED) is 0.520. The first-order valence-corrected chi connectivity index (χ1v) is 11.8. The highest BCUT2D eigenvalue weighted by molar-refractivity contribution is 5.88. The fraction of sp³-hybridized carbons (Fsp3) is 0.481. The van der Waals surface area contributed by atoms with Gasteiger partial charge in [-0.15, -0.1) is 0 Å². The van der Waals surface area contributed by atoms with E-state index in [1.165, 1.54) is 6.42 Å². The third-order valence-electron chi connectivity index (χ3n) is 6.39. The molecule has 176 valence electrons. The van der Waals surface area contributed by atoms with Crippen LogP contribution in [0.4, 0.5) is 0 Å². The topological polar surface area (TPSA) is 65.4 Å². The minimum absolute atomic E-state index is 0.0475. The van der Waals surface area contributed by atoms with Crippen LogP contribution >= 0.6 is 0 Å². The Bertz CT molecular complexity index is 1120. The van der Waals surface area contributed by atoms with Gasteiger partial charge in [0.15, 0.2) is 0 Å². The molecule has 1 atom stereocenters. The zero-order valence-corrected chi connectivity index (χ0v) is 20.4. The third-order valence-corrected chi connectivity index (χ3v) is 6.39. The molecule has 1 aliphatic rings. The molecular formula is C27H35N3O3. The van der Waals surface area contributed by atoms with E-state index in [4.69, 9.17) is 14.5 Å². The fourth-order valence-electron chi connectivity index (χ4n) is 4.93. The summed E-state index contributed by atoms with van der Waals surface area (Å²) < 4.78 is 13.3. The first-order valence-electron chi connectivity index (χ1n) is 11.8. The van der Waals surface area contributed by atoms with E-state index in [1.807, 2.05) is 57.2 Å². The van der Waals surface area contributed by atoms with Gasteiger partial charge in [-0.3, -0.25) is 4.79 Å². The Balaban J connectivity index is 1.94. The van der Waals surface area contributed by atoms with Crippen molar-refractivity contribution < 1.29 is 14.3 Å². The summed E-state index contributed by atoms with van der Waals surface area (Å²) >= 11 is 0. The number of fused-ring (bicyclic) bond motifs is 1. The largest absolute Gasteiger partial charge is 0.497 e. The summed E-state index contributed by atoms with van der Waals surface area (Å²) in [5, 5.41) is 3.26. The third kappa shape index (κ3) is 4.85. The van der Waals surface area contributed by atoms with Crippen LogP contribution in [0.1, 0.15) is 58.9 Å². The van der Waals surface area contributed by atoms with Crippen LogP contribution in [-0.2, 0) is 4.79 Å². The number of benzene rings is 2.